The zero-order chi connectivity index (χ0) is 15.8. The molecule has 2 aromatic rings. The molecule has 2 rings (SSSR count). The summed E-state index contributed by atoms with van der Waals surface area (Å²) in [5.74, 6) is -0.622. The van der Waals surface area contributed by atoms with Crippen LogP contribution in [0.4, 0.5) is 26.3 Å². The minimum atomic E-state index is -4.79. The summed E-state index contributed by atoms with van der Waals surface area (Å²) in [6.45, 7) is 0. The van der Waals surface area contributed by atoms with E-state index in [0.29, 0.717) is 23.1 Å². The highest BCUT2D eigenvalue weighted by atomic mass is 19.4. The quantitative estimate of drug-likeness (QED) is 0.760. The average molecular weight is 306 g/mol. The third kappa shape index (κ3) is 2.96. The van der Waals surface area contributed by atoms with E-state index in [9.17, 15) is 26.3 Å². The Labute approximate surface area is 113 Å². The van der Waals surface area contributed by atoms with Crippen LogP contribution in [0.1, 0.15) is 16.8 Å². The molecule has 110 valence electrons. The molecule has 0 atom stereocenters. The maximum absolute atomic E-state index is 12.6. The van der Waals surface area contributed by atoms with Crippen molar-refractivity contribution in [1.29, 1.82) is 5.26 Å². The van der Waals surface area contributed by atoms with E-state index in [4.69, 9.17) is 5.26 Å². The normalized spacial score (nSPS) is 12.2. The second-order valence-electron chi connectivity index (χ2n) is 3.85. The van der Waals surface area contributed by atoms with Gasteiger partial charge in [0.25, 0.3) is 0 Å². The van der Waals surface area contributed by atoms with Gasteiger partial charge in [-0.1, -0.05) is 0 Å². The Morgan fingerprint density at radius 2 is 1.71 bits per heavy atom. The lowest BCUT2D eigenvalue weighted by atomic mass is 10.2. The monoisotopic (exact) mass is 306 g/mol. The average Bonchev–Trinajstić information content (AvgIpc) is 2.86. The summed E-state index contributed by atoms with van der Waals surface area (Å²) in [5, 5.41) is 12.1. The van der Waals surface area contributed by atoms with Crippen LogP contribution in [-0.2, 0) is 12.4 Å². The fourth-order valence-corrected chi connectivity index (χ4v) is 1.45. The molecule has 0 spiro atoms. The largest absolute Gasteiger partial charge is 0.433 e. The smallest absolute Gasteiger partial charge is 0.223 e. The van der Waals surface area contributed by atoms with Crippen LogP contribution in [0.5, 0.6) is 0 Å². The summed E-state index contributed by atoms with van der Waals surface area (Å²) in [6, 6.07) is 2.93. The highest BCUT2D eigenvalue weighted by Crippen LogP contribution is 2.31. The highest BCUT2D eigenvalue weighted by Gasteiger charge is 2.35. The van der Waals surface area contributed by atoms with Gasteiger partial charge in [0.1, 0.15) is 11.8 Å². The molecule has 0 N–H and O–H groups in total. The van der Waals surface area contributed by atoms with Crippen LogP contribution in [0.25, 0.3) is 5.82 Å². The number of nitriles is 1. The molecule has 0 bridgehead atoms. The first-order valence-electron chi connectivity index (χ1n) is 5.23. The zero-order valence-electron chi connectivity index (χ0n) is 9.87. The molecule has 21 heavy (non-hydrogen) atoms. The first-order chi connectivity index (χ1) is 9.63. The van der Waals surface area contributed by atoms with E-state index in [-0.39, 0.29) is 5.56 Å². The molecule has 0 unspecified atom stereocenters. The lowest BCUT2D eigenvalue weighted by molar-refractivity contribution is -0.141. The minimum absolute atomic E-state index is 0.333. The van der Waals surface area contributed by atoms with Crippen LogP contribution < -0.4 is 0 Å². The molecule has 0 amide bonds. The molecule has 0 aromatic carbocycles. The summed E-state index contributed by atoms with van der Waals surface area (Å²) in [5.41, 5.74) is -2.83. The number of nitrogens with zero attached hydrogens (tertiary/aromatic N) is 4. The standard InChI is InChI=1S/C11H4F6N4/c12-10(13,14)7-4-19-21(5-7)9-6(3-18)1-2-8(20-9)11(15,16)17/h1-2,4-5H. The Hall–Kier alpha value is -2.57. The van der Waals surface area contributed by atoms with E-state index < -0.39 is 29.4 Å². The number of rotatable bonds is 1. The molecular weight excluding hydrogens is 302 g/mol. The molecule has 2 aromatic heterocycles. The topological polar surface area (TPSA) is 54.5 Å². The van der Waals surface area contributed by atoms with Crippen LogP contribution in [0.3, 0.4) is 0 Å². The number of pyridine rings is 1. The Morgan fingerprint density at radius 3 is 2.19 bits per heavy atom. The van der Waals surface area contributed by atoms with Gasteiger partial charge in [0, 0.05) is 6.20 Å². The van der Waals surface area contributed by atoms with Crippen LogP contribution in [0, 0.1) is 11.3 Å². The maximum atomic E-state index is 12.6. The molecule has 2 heterocycles. The number of alkyl halides is 6. The van der Waals surface area contributed by atoms with Crippen molar-refractivity contribution in [2.75, 3.05) is 0 Å². The minimum Gasteiger partial charge on any atom is -0.223 e. The van der Waals surface area contributed by atoms with Crippen molar-refractivity contribution in [1.82, 2.24) is 14.8 Å². The number of halogens is 6. The number of hydrogen-bond acceptors (Lipinski definition) is 3. The second kappa shape index (κ2) is 4.76. The summed E-state index contributed by atoms with van der Waals surface area (Å²) in [7, 11) is 0. The fraction of sp³-hybridized carbons (Fsp3) is 0.182. The van der Waals surface area contributed by atoms with Gasteiger partial charge in [0.15, 0.2) is 5.82 Å². The van der Waals surface area contributed by atoms with Crippen molar-refractivity contribution in [2.24, 2.45) is 0 Å². The van der Waals surface area contributed by atoms with E-state index >= 15 is 0 Å². The van der Waals surface area contributed by atoms with Crippen molar-refractivity contribution < 1.29 is 26.3 Å². The number of hydrogen-bond donors (Lipinski definition) is 0. The number of aromatic nitrogens is 3. The van der Waals surface area contributed by atoms with Crippen molar-refractivity contribution in [3.05, 3.63) is 41.3 Å². The Balaban J connectivity index is 2.57. The van der Waals surface area contributed by atoms with E-state index in [1.54, 1.807) is 6.07 Å². The van der Waals surface area contributed by atoms with Gasteiger partial charge in [0.05, 0.1) is 17.3 Å². The first-order valence-corrected chi connectivity index (χ1v) is 5.23. The molecule has 10 heteroatoms. The Bertz CT molecular complexity index is 707. The molecule has 0 radical (unpaired) electrons. The van der Waals surface area contributed by atoms with E-state index in [0.717, 1.165) is 6.07 Å². The lowest BCUT2D eigenvalue weighted by Gasteiger charge is -2.09. The van der Waals surface area contributed by atoms with Crippen molar-refractivity contribution in [3.8, 4) is 11.9 Å². The highest BCUT2D eigenvalue weighted by molar-refractivity contribution is 5.44. The van der Waals surface area contributed by atoms with Gasteiger partial charge in [-0.05, 0) is 12.1 Å². The van der Waals surface area contributed by atoms with Gasteiger partial charge in [-0.3, -0.25) is 0 Å². The molecule has 4 nitrogen and oxygen atoms in total. The predicted molar refractivity (Wildman–Crippen MR) is 56.1 cm³/mol. The molecule has 0 fully saturated rings. The summed E-state index contributed by atoms with van der Waals surface area (Å²) in [6.07, 6.45) is -8.60. The molecular formula is C11H4F6N4. The van der Waals surface area contributed by atoms with E-state index in [1.165, 1.54) is 0 Å². The lowest BCUT2D eigenvalue weighted by Crippen LogP contribution is -2.12. The fourth-order valence-electron chi connectivity index (χ4n) is 1.45. The van der Waals surface area contributed by atoms with Crippen molar-refractivity contribution in [3.63, 3.8) is 0 Å². The zero-order valence-corrected chi connectivity index (χ0v) is 9.87. The summed E-state index contributed by atoms with van der Waals surface area (Å²) < 4.78 is 75.5. The van der Waals surface area contributed by atoms with Crippen LogP contribution >= 0.6 is 0 Å². The molecule has 0 saturated carbocycles. The van der Waals surface area contributed by atoms with Gasteiger partial charge >= 0.3 is 12.4 Å². The van der Waals surface area contributed by atoms with Gasteiger partial charge in [-0.25, -0.2) is 9.67 Å². The second-order valence-corrected chi connectivity index (χ2v) is 3.85. The third-order valence-corrected chi connectivity index (χ3v) is 2.41. The molecule has 0 saturated heterocycles. The first kappa shape index (κ1) is 14.8. The Morgan fingerprint density at radius 1 is 1.05 bits per heavy atom. The third-order valence-electron chi connectivity index (χ3n) is 2.41. The van der Waals surface area contributed by atoms with Gasteiger partial charge in [-0.15, -0.1) is 0 Å². The van der Waals surface area contributed by atoms with Crippen LogP contribution in [-0.4, -0.2) is 14.8 Å². The Kier molecular flexibility index (Phi) is 3.36. The van der Waals surface area contributed by atoms with Crippen LogP contribution in [0.2, 0.25) is 0 Å². The van der Waals surface area contributed by atoms with Crippen LogP contribution in [0.15, 0.2) is 24.5 Å². The summed E-state index contributed by atoms with van der Waals surface area (Å²) >= 11 is 0. The maximum Gasteiger partial charge on any atom is 0.433 e. The van der Waals surface area contributed by atoms with Gasteiger partial charge in [0.2, 0.25) is 0 Å². The van der Waals surface area contributed by atoms with Gasteiger partial charge in [-0.2, -0.15) is 36.7 Å². The molecule has 0 aliphatic carbocycles. The van der Waals surface area contributed by atoms with Crippen molar-refractivity contribution in [2.45, 2.75) is 12.4 Å². The van der Waals surface area contributed by atoms with E-state index in [2.05, 4.69) is 10.1 Å². The van der Waals surface area contributed by atoms with Gasteiger partial charge < -0.3 is 0 Å². The SMILES string of the molecule is N#Cc1ccc(C(F)(F)F)nc1-n1cc(C(F)(F)F)cn1. The van der Waals surface area contributed by atoms with Crippen molar-refractivity contribution >= 4 is 0 Å². The molecule has 0 aliphatic rings. The predicted octanol–water partition coefficient (Wildman–Crippen LogP) is 3.18. The van der Waals surface area contributed by atoms with E-state index in [1.807, 2.05) is 0 Å². The summed E-state index contributed by atoms with van der Waals surface area (Å²) in [4.78, 5) is 3.17. The molecule has 0 aliphatic heterocycles.